The Morgan fingerprint density at radius 2 is 1.76 bits per heavy atom. The molecule has 2 aliphatic rings. The van der Waals surface area contributed by atoms with Crippen LogP contribution in [0.2, 0.25) is 0 Å². The molecule has 0 radical (unpaired) electrons. The van der Waals surface area contributed by atoms with Gasteiger partial charge in [-0.15, -0.1) is 23.7 Å². The monoisotopic (exact) mass is 431 g/mol. The van der Waals surface area contributed by atoms with Crippen molar-refractivity contribution < 1.29 is 13.9 Å². The van der Waals surface area contributed by atoms with E-state index in [0.717, 1.165) is 45.3 Å². The Bertz CT molecular complexity index is 1000. The molecule has 0 saturated carbocycles. The number of benzene rings is 2. The minimum atomic E-state index is -0.254. The lowest BCUT2D eigenvalue weighted by Crippen LogP contribution is -2.23. The first-order valence-electron chi connectivity index (χ1n) is 9.78. The van der Waals surface area contributed by atoms with Gasteiger partial charge in [-0.3, -0.25) is 0 Å². The highest BCUT2D eigenvalue weighted by Crippen LogP contribution is 2.50. The van der Waals surface area contributed by atoms with E-state index in [1.807, 2.05) is 18.2 Å². The van der Waals surface area contributed by atoms with Crippen LogP contribution in [-0.4, -0.2) is 31.1 Å². The van der Waals surface area contributed by atoms with Gasteiger partial charge in [-0.2, -0.15) is 0 Å². The molecule has 1 saturated heterocycles. The van der Waals surface area contributed by atoms with Crippen molar-refractivity contribution in [2.75, 3.05) is 26.2 Å². The lowest BCUT2D eigenvalue weighted by atomic mass is 10.0. The minimum Gasteiger partial charge on any atom is -0.456 e. The molecule has 3 aromatic rings. The molecule has 5 rings (SSSR count). The van der Waals surface area contributed by atoms with Crippen molar-refractivity contribution in [3.05, 3.63) is 59.2 Å². The summed E-state index contributed by atoms with van der Waals surface area (Å²) in [7, 11) is 0. The van der Waals surface area contributed by atoms with E-state index in [4.69, 9.17) is 9.47 Å². The van der Waals surface area contributed by atoms with E-state index in [0.29, 0.717) is 12.4 Å². The maximum Gasteiger partial charge on any atom is 0.136 e. The second-order valence-electron chi connectivity index (χ2n) is 7.30. The Morgan fingerprint density at radius 3 is 2.62 bits per heavy atom. The number of likely N-dealkylation sites (tertiary alicyclic amines) is 1. The standard InChI is InChI=1S/C23H22FNO2S.ClH/c24-16-7-8-22-20(13-16)23-19(18-5-1-2-6-21(18)27-22)14-17(28-23)15-26-12-11-25-9-3-4-10-25;/h1-2,5-8,13-14H,3-4,9-12,15H2;1H. The fourth-order valence-corrected chi connectivity index (χ4v) is 5.08. The zero-order chi connectivity index (χ0) is 18.9. The second kappa shape index (κ2) is 8.84. The zero-order valence-corrected chi connectivity index (χ0v) is 17.7. The SMILES string of the molecule is Cl.Fc1ccc2c(c1)-c1sc(COCCN3CCCC3)cc1-c1ccccc1O2. The van der Waals surface area contributed by atoms with Crippen LogP contribution in [0.1, 0.15) is 17.7 Å². The quantitative estimate of drug-likeness (QED) is 0.343. The second-order valence-corrected chi connectivity index (χ2v) is 8.43. The van der Waals surface area contributed by atoms with Crippen LogP contribution in [0.4, 0.5) is 4.39 Å². The van der Waals surface area contributed by atoms with Crippen LogP contribution in [0.3, 0.4) is 0 Å². The summed E-state index contributed by atoms with van der Waals surface area (Å²) in [6, 6.07) is 14.9. The average Bonchev–Trinajstić information content (AvgIpc) is 3.35. The molecule has 0 spiro atoms. The third-order valence-corrected chi connectivity index (χ3v) is 6.50. The summed E-state index contributed by atoms with van der Waals surface area (Å²) in [6.45, 7) is 4.70. The third kappa shape index (κ3) is 4.19. The number of hydrogen-bond acceptors (Lipinski definition) is 4. The Morgan fingerprint density at radius 1 is 0.966 bits per heavy atom. The zero-order valence-electron chi connectivity index (χ0n) is 16.0. The van der Waals surface area contributed by atoms with E-state index in [9.17, 15) is 4.39 Å². The molecular formula is C23H23ClFNO2S. The van der Waals surface area contributed by atoms with Crippen LogP contribution in [0, 0.1) is 5.82 Å². The van der Waals surface area contributed by atoms with E-state index in [-0.39, 0.29) is 18.2 Å². The fraction of sp³-hybridized carbons (Fsp3) is 0.304. The van der Waals surface area contributed by atoms with Crippen molar-refractivity contribution in [1.29, 1.82) is 0 Å². The molecule has 0 aliphatic carbocycles. The van der Waals surface area contributed by atoms with Gasteiger partial charge in [0, 0.05) is 33.0 Å². The number of nitrogens with zero attached hydrogens (tertiary/aromatic N) is 1. The molecule has 29 heavy (non-hydrogen) atoms. The van der Waals surface area contributed by atoms with E-state index in [2.05, 4.69) is 17.0 Å². The molecule has 1 fully saturated rings. The van der Waals surface area contributed by atoms with Gasteiger partial charge in [-0.05, 0) is 56.3 Å². The highest BCUT2D eigenvalue weighted by atomic mass is 35.5. The molecule has 2 aromatic carbocycles. The molecule has 3 heterocycles. The summed E-state index contributed by atoms with van der Waals surface area (Å²) in [5, 5.41) is 0. The molecule has 3 nitrogen and oxygen atoms in total. The lowest BCUT2D eigenvalue weighted by molar-refractivity contribution is 0.101. The Labute approximate surface area is 180 Å². The van der Waals surface area contributed by atoms with Gasteiger partial charge in [-0.25, -0.2) is 4.39 Å². The van der Waals surface area contributed by atoms with E-state index in [1.165, 1.54) is 32.0 Å². The minimum absolute atomic E-state index is 0. The number of ether oxygens (including phenoxy) is 2. The van der Waals surface area contributed by atoms with Crippen LogP contribution in [0.15, 0.2) is 48.5 Å². The van der Waals surface area contributed by atoms with Gasteiger partial charge in [0.05, 0.1) is 13.2 Å². The first kappa shape index (κ1) is 20.4. The predicted molar refractivity (Wildman–Crippen MR) is 118 cm³/mol. The van der Waals surface area contributed by atoms with Crippen molar-refractivity contribution in [2.24, 2.45) is 0 Å². The summed E-state index contributed by atoms with van der Waals surface area (Å²) >= 11 is 1.66. The van der Waals surface area contributed by atoms with E-state index in [1.54, 1.807) is 23.5 Å². The Kier molecular flexibility index (Phi) is 6.20. The van der Waals surface area contributed by atoms with Crippen molar-refractivity contribution >= 4 is 23.7 Å². The lowest BCUT2D eigenvalue weighted by Gasteiger charge is -2.13. The van der Waals surface area contributed by atoms with Crippen LogP contribution in [-0.2, 0) is 11.3 Å². The molecule has 1 aromatic heterocycles. The number of halogens is 2. The summed E-state index contributed by atoms with van der Waals surface area (Å²) in [4.78, 5) is 4.65. The maximum atomic E-state index is 14.0. The van der Waals surface area contributed by atoms with Gasteiger partial charge in [0.1, 0.15) is 17.3 Å². The smallest absolute Gasteiger partial charge is 0.136 e. The highest BCUT2D eigenvalue weighted by molar-refractivity contribution is 7.16. The summed E-state index contributed by atoms with van der Waals surface area (Å²) < 4.78 is 26.0. The Balaban J connectivity index is 0.00000205. The van der Waals surface area contributed by atoms with Crippen LogP contribution < -0.4 is 4.74 Å². The van der Waals surface area contributed by atoms with E-state index >= 15 is 0 Å². The number of rotatable bonds is 5. The summed E-state index contributed by atoms with van der Waals surface area (Å²) in [5.74, 6) is 1.24. The molecule has 0 atom stereocenters. The van der Waals surface area contributed by atoms with Crippen LogP contribution >= 0.6 is 23.7 Å². The molecule has 0 bridgehead atoms. The van der Waals surface area contributed by atoms with Gasteiger partial charge < -0.3 is 14.4 Å². The molecular weight excluding hydrogens is 409 g/mol. The van der Waals surface area contributed by atoms with Gasteiger partial charge in [0.15, 0.2) is 0 Å². The highest BCUT2D eigenvalue weighted by Gasteiger charge is 2.23. The first-order chi connectivity index (χ1) is 13.8. The number of hydrogen-bond donors (Lipinski definition) is 0. The number of fused-ring (bicyclic) bond motifs is 5. The summed E-state index contributed by atoms with van der Waals surface area (Å²) in [6.07, 6.45) is 2.60. The van der Waals surface area contributed by atoms with Gasteiger partial charge in [-0.1, -0.05) is 18.2 Å². The van der Waals surface area contributed by atoms with Crippen LogP contribution in [0.5, 0.6) is 11.5 Å². The average molecular weight is 432 g/mol. The van der Waals surface area contributed by atoms with Crippen LogP contribution in [0.25, 0.3) is 21.6 Å². The Hall–Kier alpha value is -1.92. The molecule has 0 unspecified atom stereocenters. The molecule has 6 heteroatoms. The fourth-order valence-electron chi connectivity index (χ4n) is 3.95. The molecule has 0 N–H and O–H groups in total. The van der Waals surface area contributed by atoms with Crippen molar-refractivity contribution in [3.63, 3.8) is 0 Å². The normalized spacial score (nSPS) is 14.9. The van der Waals surface area contributed by atoms with Crippen molar-refractivity contribution in [2.45, 2.75) is 19.4 Å². The van der Waals surface area contributed by atoms with Gasteiger partial charge >= 0.3 is 0 Å². The maximum absolute atomic E-state index is 14.0. The van der Waals surface area contributed by atoms with E-state index < -0.39 is 0 Å². The number of thiophene rings is 1. The topological polar surface area (TPSA) is 21.7 Å². The van der Waals surface area contributed by atoms with Crippen molar-refractivity contribution in [1.82, 2.24) is 4.90 Å². The summed E-state index contributed by atoms with van der Waals surface area (Å²) in [5.41, 5.74) is 2.93. The molecule has 152 valence electrons. The largest absolute Gasteiger partial charge is 0.456 e. The van der Waals surface area contributed by atoms with Gasteiger partial charge in [0.2, 0.25) is 0 Å². The predicted octanol–water partition coefficient (Wildman–Crippen LogP) is 6.36. The van der Waals surface area contributed by atoms with Gasteiger partial charge in [0.25, 0.3) is 0 Å². The number of para-hydroxylation sites is 1. The molecule has 2 aliphatic heterocycles. The third-order valence-electron chi connectivity index (χ3n) is 5.36. The first-order valence-corrected chi connectivity index (χ1v) is 10.6. The van der Waals surface area contributed by atoms with Crippen molar-refractivity contribution in [3.8, 4) is 33.1 Å². The molecule has 0 amide bonds.